The second-order valence-corrected chi connectivity index (χ2v) is 3.08. The van der Waals surface area contributed by atoms with Gasteiger partial charge in [0.25, 0.3) is 5.79 Å². The van der Waals surface area contributed by atoms with Gasteiger partial charge in [0.2, 0.25) is 0 Å². The van der Waals surface area contributed by atoms with Gasteiger partial charge in [0, 0.05) is 0 Å². The molecule has 0 aliphatic carbocycles. The molecular formula is C6H9O6S-. The molecule has 0 bridgehead atoms. The summed E-state index contributed by atoms with van der Waals surface area (Å²) in [6.07, 6.45) is -0.580. The van der Waals surface area contributed by atoms with Crippen LogP contribution in [0.5, 0.6) is 0 Å². The molecule has 0 aromatic heterocycles. The predicted octanol–water partition coefficient (Wildman–Crippen LogP) is -0.872. The quantitative estimate of drug-likeness (QED) is 0.442. The Morgan fingerprint density at radius 3 is 2.54 bits per heavy atom. The summed E-state index contributed by atoms with van der Waals surface area (Å²) in [4.78, 5) is 10.6. The van der Waals surface area contributed by atoms with Crippen molar-refractivity contribution in [3.8, 4) is 0 Å². The Morgan fingerprint density at radius 1 is 1.62 bits per heavy atom. The van der Waals surface area contributed by atoms with Crippen molar-refractivity contribution in [3.63, 3.8) is 0 Å². The molecule has 0 aromatic carbocycles. The largest absolute Gasteiger partial charge is 0.750 e. The molecule has 0 N–H and O–H groups in total. The third-order valence-corrected chi connectivity index (χ3v) is 2.14. The number of rotatable bonds is 4. The third-order valence-electron chi connectivity index (χ3n) is 1.69. The number of hydrogen-bond donors (Lipinski definition) is 0. The molecule has 13 heavy (non-hydrogen) atoms. The van der Waals surface area contributed by atoms with Gasteiger partial charge in [-0.1, -0.05) is 0 Å². The first kappa shape index (κ1) is 10.7. The maximum Gasteiger partial charge on any atom is 0.254 e. The Hall–Kier alpha value is -0.340. The first-order chi connectivity index (χ1) is 6.10. The van der Waals surface area contributed by atoms with E-state index >= 15 is 0 Å². The molecule has 0 amide bonds. The van der Waals surface area contributed by atoms with Gasteiger partial charge in [-0.15, -0.1) is 0 Å². The van der Waals surface area contributed by atoms with E-state index in [0.29, 0.717) is 6.29 Å². The van der Waals surface area contributed by atoms with E-state index in [0.717, 1.165) is 0 Å². The van der Waals surface area contributed by atoms with Gasteiger partial charge >= 0.3 is 0 Å². The van der Waals surface area contributed by atoms with Crippen LogP contribution in [0.25, 0.3) is 0 Å². The van der Waals surface area contributed by atoms with E-state index in [2.05, 4.69) is 4.18 Å². The molecule has 1 heterocycles. The summed E-state index contributed by atoms with van der Waals surface area (Å²) >= 11 is -2.69. The number of carbonyl (C=O) groups excluding carboxylic acids is 1. The van der Waals surface area contributed by atoms with Gasteiger partial charge < -0.3 is 14.0 Å². The summed E-state index contributed by atoms with van der Waals surface area (Å²) < 4.78 is 34.6. The summed E-state index contributed by atoms with van der Waals surface area (Å²) in [5, 5.41) is 0. The van der Waals surface area contributed by atoms with Crippen molar-refractivity contribution in [3.05, 3.63) is 0 Å². The van der Waals surface area contributed by atoms with E-state index < -0.39 is 23.3 Å². The van der Waals surface area contributed by atoms with E-state index in [9.17, 15) is 13.6 Å². The Labute approximate surface area is 77.6 Å². The van der Waals surface area contributed by atoms with Crippen LogP contribution in [0.15, 0.2) is 0 Å². The lowest BCUT2D eigenvalue weighted by molar-refractivity contribution is -0.195. The van der Waals surface area contributed by atoms with Crippen molar-refractivity contribution in [1.29, 1.82) is 0 Å². The van der Waals surface area contributed by atoms with Crippen molar-refractivity contribution in [1.82, 2.24) is 0 Å². The van der Waals surface area contributed by atoms with Crippen molar-refractivity contribution in [2.75, 3.05) is 13.2 Å². The number of ether oxygens (including phenoxy) is 2. The van der Waals surface area contributed by atoms with Gasteiger partial charge in [0.05, 0.1) is 24.6 Å². The zero-order chi connectivity index (χ0) is 9.90. The monoisotopic (exact) mass is 209 g/mol. The Bertz CT molecular complexity index is 211. The molecule has 76 valence electrons. The highest BCUT2D eigenvalue weighted by atomic mass is 32.2. The lowest BCUT2D eigenvalue weighted by Crippen LogP contribution is -2.45. The molecule has 1 fully saturated rings. The summed E-state index contributed by atoms with van der Waals surface area (Å²) in [6.45, 7) is 1.88. The maximum absolute atomic E-state index is 10.6. The van der Waals surface area contributed by atoms with Gasteiger partial charge in [-0.2, -0.15) is 0 Å². The summed E-state index contributed by atoms with van der Waals surface area (Å²) in [5.74, 6) is -1.57. The molecular weight excluding hydrogens is 200 g/mol. The summed E-state index contributed by atoms with van der Waals surface area (Å²) in [5.41, 5.74) is 0. The normalized spacial score (nSPS) is 25.4. The summed E-state index contributed by atoms with van der Waals surface area (Å²) in [7, 11) is 0. The van der Waals surface area contributed by atoms with Crippen LogP contribution in [-0.4, -0.2) is 40.2 Å². The molecule has 2 unspecified atom stereocenters. The SMILES string of the molecule is CC(OS(=O)[O-])C1(C=O)OCCO1. The highest BCUT2D eigenvalue weighted by Gasteiger charge is 2.43. The second-order valence-electron chi connectivity index (χ2n) is 2.48. The number of carbonyl (C=O) groups is 1. The van der Waals surface area contributed by atoms with Gasteiger partial charge in [0.15, 0.2) is 6.29 Å². The molecule has 1 aliphatic rings. The minimum atomic E-state index is -2.69. The van der Waals surface area contributed by atoms with Crippen LogP contribution < -0.4 is 0 Å². The van der Waals surface area contributed by atoms with Crippen molar-refractivity contribution < 1.29 is 27.2 Å². The van der Waals surface area contributed by atoms with Crippen LogP contribution in [0.2, 0.25) is 0 Å². The molecule has 2 atom stereocenters. The van der Waals surface area contributed by atoms with E-state index in [4.69, 9.17) is 9.47 Å². The average Bonchev–Trinajstić information content (AvgIpc) is 2.51. The highest BCUT2D eigenvalue weighted by Crippen LogP contribution is 2.23. The smallest absolute Gasteiger partial charge is 0.254 e. The van der Waals surface area contributed by atoms with Crippen LogP contribution in [0.3, 0.4) is 0 Å². The van der Waals surface area contributed by atoms with E-state index in [1.165, 1.54) is 6.92 Å². The molecule has 1 saturated heterocycles. The van der Waals surface area contributed by atoms with E-state index in [1.54, 1.807) is 0 Å². The van der Waals surface area contributed by atoms with E-state index in [1.807, 2.05) is 0 Å². The Morgan fingerprint density at radius 2 is 2.15 bits per heavy atom. The molecule has 1 rings (SSSR count). The minimum Gasteiger partial charge on any atom is -0.750 e. The number of aldehydes is 1. The molecule has 1 aliphatic heterocycles. The van der Waals surface area contributed by atoms with Gasteiger partial charge in [0.1, 0.15) is 6.10 Å². The molecule has 0 saturated carbocycles. The fourth-order valence-electron chi connectivity index (χ4n) is 1.03. The lowest BCUT2D eigenvalue weighted by Gasteiger charge is -2.27. The predicted molar refractivity (Wildman–Crippen MR) is 40.2 cm³/mol. The second kappa shape index (κ2) is 4.25. The Kier molecular flexibility index (Phi) is 3.51. The Balaban J connectivity index is 2.64. The van der Waals surface area contributed by atoms with Crippen LogP contribution in [0, 0.1) is 0 Å². The molecule has 7 heteroatoms. The van der Waals surface area contributed by atoms with Crippen LogP contribution in [-0.2, 0) is 29.8 Å². The fraction of sp³-hybridized carbons (Fsp3) is 0.833. The van der Waals surface area contributed by atoms with Crippen molar-refractivity contribution >= 4 is 17.6 Å². The lowest BCUT2D eigenvalue weighted by atomic mass is 10.2. The van der Waals surface area contributed by atoms with Gasteiger partial charge in [-0.3, -0.25) is 8.98 Å². The van der Waals surface area contributed by atoms with Crippen molar-refractivity contribution in [2.45, 2.75) is 18.8 Å². The first-order valence-corrected chi connectivity index (χ1v) is 4.61. The maximum atomic E-state index is 10.6. The summed E-state index contributed by atoms with van der Waals surface area (Å²) in [6, 6.07) is 0. The van der Waals surface area contributed by atoms with Gasteiger partial charge in [-0.05, 0) is 6.92 Å². The first-order valence-electron chi connectivity index (χ1n) is 3.61. The van der Waals surface area contributed by atoms with Crippen molar-refractivity contribution in [2.24, 2.45) is 0 Å². The topological polar surface area (TPSA) is 84.9 Å². The van der Waals surface area contributed by atoms with Crippen LogP contribution in [0.4, 0.5) is 0 Å². The molecule has 0 spiro atoms. The van der Waals surface area contributed by atoms with Crippen LogP contribution >= 0.6 is 0 Å². The van der Waals surface area contributed by atoms with Gasteiger partial charge in [-0.25, -0.2) is 4.21 Å². The van der Waals surface area contributed by atoms with E-state index in [-0.39, 0.29) is 13.2 Å². The zero-order valence-electron chi connectivity index (χ0n) is 6.93. The molecule has 0 aromatic rings. The average molecular weight is 209 g/mol. The van der Waals surface area contributed by atoms with Crippen LogP contribution in [0.1, 0.15) is 6.92 Å². The standard InChI is InChI=1S/C6H10O6S/c1-5(12-13(8)9)6(4-7)10-2-3-11-6/h4-5H,2-3H2,1H3,(H,8,9)/p-1. The zero-order valence-corrected chi connectivity index (χ0v) is 7.74. The highest BCUT2D eigenvalue weighted by molar-refractivity contribution is 7.74. The fourth-order valence-corrected chi connectivity index (χ4v) is 1.40. The molecule has 0 radical (unpaired) electrons. The number of hydrogen-bond acceptors (Lipinski definition) is 6. The third kappa shape index (κ3) is 2.32. The molecule has 6 nitrogen and oxygen atoms in total. The minimum absolute atomic E-state index is 0.248.